The fourth-order valence-electron chi connectivity index (χ4n) is 2.54. The summed E-state index contributed by atoms with van der Waals surface area (Å²) >= 11 is 0. The first-order valence-electron chi connectivity index (χ1n) is 7.18. The first-order valence-corrected chi connectivity index (χ1v) is 7.18. The van der Waals surface area contributed by atoms with E-state index in [1.54, 1.807) is 0 Å². The maximum Gasteiger partial charge on any atom is 0.0576 e. The van der Waals surface area contributed by atoms with Gasteiger partial charge in [0.2, 0.25) is 0 Å². The van der Waals surface area contributed by atoms with Crippen LogP contribution in [-0.4, -0.2) is 23.9 Å². The van der Waals surface area contributed by atoms with Crippen LogP contribution in [0.1, 0.15) is 44.1 Å². The third-order valence-corrected chi connectivity index (χ3v) is 3.70. The number of aryl methyl sites for hydroxylation is 1. The summed E-state index contributed by atoms with van der Waals surface area (Å²) in [6.07, 6.45) is 7.57. The zero-order valence-electron chi connectivity index (χ0n) is 11.1. The molecule has 0 aromatic heterocycles. The van der Waals surface area contributed by atoms with E-state index in [1.165, 1.54) is 24.8 Å². The van der Waals surface area contributed by atoms with Crippen LogP contribution in [0, 0.1) is 0 Å². The molecule has 2 unspecified atom stereocenters. The lowest BCUT2D eigenvalue weighted by Crippen LogP contribution is -2.21. The predicted octanol–water partition coefficient (Wildman–Crippen LogP) is 3.33. The van der Waals surface area contributed by atoms with Crippen molar-refractivity contribution in [1.29, 1.82) is 0 Å². The maximum absolute atomic E-state index is 9.99. The zero-order valence-corrected chi connectivity index (χ0v) is 11.1. The molecule has 1 aromatic carbocycles. The van der Waals surface area contributed by atoms with Crippen LogP contribution in [0.2, 0.25) is 0 Å². The van der Waals surface area contributed by atoms with Gasteiger partial charge in [0, 0.05) is 6.61 Å². The summed E-state index contributed by atoms with van der Waals surface area (Å²) in [5.74, 6) is 0. The molecule has 1 aliphatic heterocycles. The van der Waals surface area contributed by atoms with Gasteiger partial charge in [-0.15, -0.1) is 0 Å². The Morgan fingerprint density at radius 1 is 1.17 bits per heavy atom. The van der Waals surface area contributed by atoms with Gasteiger partial charge in [-0.05, 0) is 50.5 Å². The Balaban J connectivity index is 1.61. The fraction of sp³-hybridized carbons (Fsp3) is 0.625. The minimum absolute atomic E-state index is 0.185. The van der Waals surface area contributed by atoms with E-state index in [0.717, 1.165) is 32.3 Å². The van der Waals surface area contributed by atoms with Crippen LogP contribution in [-0.2, 0) is 11.2 Å². The molecular formula is C16H24O2. The van der Waals surface area contributed by atoms with Gasteiger partial charge in [-0.3, -0.25) is 0 Å². The summed E-state index contributed by atoms with van der Waals surface area (Å²) in [4.78, 5) is 0. The molecule has 0 saturated carbocycles. The number of hydrogen-bond acceptors (Lipinski definition) is 2. The number of benzene rings is 1. The molecular weight excluding hydrogens is 224 g/mol. The van der Waals surface area contributed by atoms with Gasteiger partial charge in [0.1, 0.15) is 0 Å². The Labute approximate surface area is 110 Å². The highest BCUT2D eigenvalue weighted by Crippen LogP contribution is 2.19. The van der Waals surface area contributed by atoms with Crippen molar-refractivity contribution in [1.82, 2.24) is 0 Å². The minimum Gasteiger partial charge on any atom is -0.393 e. The van der Waals surface area contributed by atoms with Crippen LogP contribution in [0.4, 0.5) is 0 Å². The van der Waals surface area contributed by atoms with E-state index in [4.69, 9.17) is 4.74 Å². The van der Waals surface area contributed by atoms with Crippen molar-refractivity contribution >= 4 is 0 Å². The van der Waals surface area contributed by atoms with Crippen molar-refractivity contribution in [2.75, 3.05) is 6.61 Å². The van der Waals surface area contributed by atoms with Crippen molar-refractivity contribution in [3.8, 4) is 0 Å². The van der Waals surface area contributed by atoms with Crippen LogP contribution in [0.25, 0.3) is 0 Å². The van der Waals surface area contributed by atoms with Gasteiger partial charge in [0.25, 0.3) is 0 Å². The highest BCUT2D eigenvalue weighted by molar-refractivity contribution is 5.14. The van der Waals surface area contributed by atoms with Gasteiger partial charge in [0.15, 0.2) is 0 Å². The molecule has 0 spiro atoms. The largest absolute Gasteiger partial charge is 0.393 e. The molecule has 1 fully saturated rings. The Bertz CT molecular complexity index is 317. The first-order chi connectivity index (χ1) is 8.84. The van der Waals surface area contributed by atoms with Crippen LogP contribution < -0.4 is 0 Å². The van der Waals surface area contributed by atoms with Crippen molar-refractivity contribution < 1.29 is 9.84 Å². The summed E-state index contributed by atoms with van der Waals surface area (Å²) in [6, 6.07) is 10.4. The van der Waals surface area contributed by atoms with Gasteiger partial charge in [0.05, 0.1) is 12.2 Å². The van der Waals surface area contributed by atoms with Gasteiger partial charge in [-0.25, -0.2) is 0 Å². The Hall–Kier alpha value is -0.860. The third-order valence-electron chi connectivity index (χ3n) is 3.70. The molecule has 0 radical (unpaired) electrons. The quantitative estimate of drug-likeness (QED) is 0.836. The molecule has 2 rings (SSSR count). The van der Waals surface area contributed by atoms with E-state index in [1.807, 2.05) is 6.07 Å². The lowest BCUT2D eigenvalue weighted by molar-refractivity contribution is 0.00178. The van der Waals surface area contributed by atoms with Crippen molar-refractivity contribution in [3.05, 3.63) is 35.9 Å². The summed E-state index contributed by atoms with van der Waals surface area (Å²) < 4.78 is 5.68. The average Bonchev–Trinajstić information content (AvgIpc) is 2.45. The number of aliphatic hydroxyl groups excluding tert-OH is 1. The Kier molecular flexibility index (Phi) is 5.69. The number of aliphatic hydroxyl groups is 1. The molecule has 2 heteroatoms. The lowest BCUT2D eigenvalue weighted by Gasteiger charge is -2.23. The minimum atomic E-state index is -0.185. The van der Waals surface area contributed by atoms with E-state index in [0.29, 0.717) is 6.10 Å². The monoisotopic (exact) mass is 248 g/mol. The van der Waals surface area contributed by atoms with Crippen molar-refractivity contribution in [3.63, 3.8) is 0 Å². The molecule has 0 bridgehead atoms. The van der Waals surface area contributed by atoms with E-state index >= 15 is 0 Å². The first kappa shape index (κ1) is 13.6. The topological polar surface area (TPSA) is 29.5 Å². The second kappa shape index (κ2) is 7.55. The molecule has 1 heterocycles. The molecule has 0 amide bonds. The Morgan fingerprint density at radius 3 is 2.72 bits per heavy atom. The van der Waals surface area contributed by atoms with Gasteiger partial charge in [-0.1, -0.05) is 30.3 Å². The highest BCUT2D eigenvalue weighted by atomic mass is 16.5. The van der Waals surface area contributed by atoms with Gasteiger partial charge >= 0.3 is 0 Å². The van der Waals surface area contributed by atoms with E-state index in [9.17, 15) is 5.11 Å². The van der Waals surface area contributed by atoms with Crippen LogP contribution in [0.15, 0.2) is 30.3 Å². The summed E-state index contributed by atoms with van der Waals surface area (Å²) in [5.41, 5.74) is 1.31. The molecule has 1 N–H and O–H groups in total. The highest BCUT2D eigenvalue weighted by Gasteiger charge is 2.15. The standard InChI is InChI=1S/C16H24O2/c17-15(10-9-14-6-2-1-3-7-14)11-12-16-8-4-5-13-18-16/h1-3,6-7,15-17H,4-5,8-13H2. The van der Waals surface area contributed by atoms with Gasteiger partial charge < -0.3 is 9.84 Å². The Morgan fingerprint density at radius 2 is 2.00 bits per heavy atom. The summed E-state index contributed by atoms with van der Waals surface area (Å²) in [5, 5.41) is 9.99. The van der Waals surface area contributed by atoms with Gasteiger partial charge in [-0.2, -0.15) is 0 Å². The number of hydrogen-bond donors (Lipinski definition) is 1. The van der Waals surface area contributed by atoms with Crippen LogP contribution in [0.3, 0.4) is 0 Å². The van der Waals surface area contributed by atoms with Crippen molar-refractivity contribution in [2.45, 2.75) is 57.2 Å². The summed E-state index contributed by atoms with van der Waals surface area (Å²) in [6.45, 7) is 0.908. The van der Waals surface area contributed by atoms with Crippen LogP contribution >= 0.6 is 0 Å². The molecule has 1 aromatic rings. The second-order valence-electron chi connectivity index (χ2n) is 5.24. The maximum atomic E-state index is 9.99. The number of rotatable bonds is 6. The molecule has 1 aliphatic rings. The molecule has 0 aliphatic carbocycles. The lowest BCUT2D eigenvalue weighted by atomic mass is 9.99. The van der Waals surface area contributed by atoms with Crippen LogP contribution in [0.5, 0.6) is 0 Å². The zero-order chi connectivity index (χ0) is 12.6. The number of ether oxygens (including phenoxy) is 1. The van der Waals surface area contributed by atoms with E-state index in [-0.39, 0.29) is 6.10 Å². The normalized spacial score (nSPS) is 21.7. The van der Waals surface area contributed by atoms with Crippen molar-refractivity contribution in [2.24, 2.45) is 0 Å². The smallest absolute Gasteiger partial charge is 0.0576 e. The fourth-order valence-corrected chi connectivity index (χ4v) is 2.54. The average molecular weight is 248 g/mol. The summed E-state index contributed by atoms with van der Waals surface area (Å²) in [7, 11) is 0. The van der Waals surface area contributed by atoms with E-state index < -0.39 is 0 Å². The molecule has 2 nitrogen and oxygen atoms in total. The van der Waals surface area contributed by atoms with E-state index in [2.05, 4.69) is 24.3 Å². The molecule has 18 heavy (non-hydrogen) atoms. The second-order valence-corrected chi connectivity index (χ2v) is 5.24. The third kappa shape index (κ3) is 4.79. The molecule has 1 saturated heterocycles. The SMILES string of the molecule is OC(CCc1ccccc1)CCC1CCCCO1. The molecule has 100 valence electrons. The molecule has 2 atom stereocenters. The predicted molar refractivity (Wildman–Crippen MR) is 73.6 cm³/mol.